The second-order valence-corrected chi connectivity index (χ2v) is 10.9. The van der Waals surface area contributed by atoms with Gasteiger partial charge in [-0.05, 0) is 53.8 Å². The van der Waals surface area contributed by atoms with E-state index in [1.54, 1.807) is 17.0 Å². The molecule has 0 spiro atoms. The second kappa shape index (κ2) is 13.1. The molecule has 1 atom stereocenters. The number of carbonyl (C=O) groups is 2. The molecule has 0 bridgehead atoms. The SMILES string of the molecule is O=C(NC1CCCCC1)[C@@H](Cc1ccccc1)N(Cc1ccc(Br)cc1)C(=O)Cc1ccc(Cl)cc1. The van der Waals surface area contributed by atoms with E-state index >= 15 is 0 Å². The van der Waals surface area contributed by atoms with Gasteiger partial charge >= 0.3 is 0 Å². The number of benzene rings is 3. The van der Waals surface area contributed by atoms with Crippen LogP contribution in [0.15, 0.2) is 83.3 Å². The van der Waals surface area contributed by atoms with Crippen LogP contribution in [0, 0.1) is 0 Å². The van der Waals surface area contributed by atoms with E-state index in [-0.39, 0.29) is 24.3 Å². The fourth-order valence-electron chi connectivity index (χ4n) is 4.76. The van der Waals surface area contributed by atoms with Crippen molar-refractivity contribution in [3.8, 4) is 0 Å². The van der Waals surface area contributed by atoms with Crippen molar-refractivity contribution in [2.24, 2.45) is 0 Å². The Kier molecular flexibility index (Phi) is 9.60. The molecule has 1 saturated carbocycles. The standard InChI is InChI=1S/C30H32BrClN2O2/c31-25-15-11-24(12-16-25)21-34(29(35)20-23-13-17-26(32)18-14-23)28(19-22-7-3-1-4-8-22)30(36)33-27-9-5-2-6-10-27/h1,3-4,7-8,11-18,27-28H,2,5-6,9-10,19-21H2,(H,33,36)/t28-/m1/s1. The first-order valence-electron chi connectivity index (χ1n) is 12.6. The third-order valence-corrected chi connectivity index (χ3v) is 7.54. The van der Waals surface area contributed by atoms with Gasteiger partial charge in [-0.1, -0.05) is 101 Å². The van der Waals surface area contributed by atoms with Crippen LogP contribution in [0.4, 0.5) is 0 Å². The second-order valence-electron chi connectivity index (χ2n) is 9.50. The van der Waals surface area contributed by atoms with Gasteiger partial charge in [-0.15, -0.1) is 0 Å². The molecule has 0 heterocycles. The molecule has 36 heavy (non-hydrogen) atoms. The first-order valence-corrected chi connectivity index (χ1v) is 13.8. The number of carbonyl (C=O) groups excluding carboxylic acids is 2. The minimum atomic E-state index is -0.613. The van der Waals surface area contributed by atoms with Crippen LogP contribution in [0.1, 0.15) is 48.8 Å². The molecule has 3 aromatic rings. The van der Waals surface area contributed by atoms with Gasteiger partial charge < -0.3 is 10.2 Å². The van der Waals surface area contributed by atoms with Gasteiger partial charge in [0.05, 0.1) is 6.42 Å². The molecule has 4 nitrogen and oxygen atoms in total. The summed E-state index contributed by atoms with van der Waals surface area (Å²) in [5.74, 6) is -0.160. The summed E-state index contributed by atoms with van der Waals surface area (Å²) >= 11 is 9.54. The summed E-state index contributed by atoms with van der Waals surface area (Å²) in [6, 6.07) is 24.7. The molecule has 0 aliphatic heterocycles. The molecule has 3 aromatic carbocycles. The molecule has 1 aliphatic carbocycles. The van der Waals surface area contributed by atoms with Gasteiger partial charge in [0.2, 0.25) is 11.8 Å². The summed E-state index contributed by atoms with van der Waals surface area (Å²) in [6.45, 7) is 0.356. The lowest BCUT2D eigenvalue weighted by Gasteiger charge is -2.33. The molecule has 0 radical (unpaired) electrons. The number of hydrogen-bond acceptors (Lipinski definition) is 2. The molecule has 1 fully saturated rings. The van der Waals surface area contributed by atoms with Gasteiger partial charge in [0.15, 0.2) is 0 Å². The highest BCUT2D eigenvalue weighted by molar-refractivity contribution is 9.10. The molecule has 0 aromatic heterocycles. The lowest BCUT2D eigenvalue weighted by Crippen LogP contribution is -2.53. The van der Waals surface area contributed by atoms with E-state index < -0.39 is 6.04 Å². The third kappa shape index (κ3) is 7.68. The van der Waals surface area contributed by atoms with Gasteiger partial charge in [0, 0.05) is 28.5 Å². The highest BCUT2D eigenvalue weighted by Gasteiger charge is 2.32. The number of nitrogens with one attached hydrogen (secondary N) is 1. The maximum atomic E-state index is 13.8. The monoisotopic (exact) mass is 566 g/mol. The van der Waals surface area contributed by atoms with Crippen molar-refractivity contribution in [2.45, 2.75) is 63.6 Å². The fraction of sp³-hybridized carbons (Fsp3) is 0.333. The number of rotatable bonds is 9. The van der Waals surface area contributed by atoms with Crippen LogP contribution in [0.2, 0.25) is 5.02 Å². The normalized spacial score (nSPS) is 14.7. The maximum absolute atomic E-state index is 13.8. The Morgan fingerprint density at radius 3 is 2.17 bits per heavy atom. The highest BCUT2D eigenvalue weighted by Crippen LogP contribution is 2.21. The van der Waals surface area contributed by atoms with E-state index in [1.165, 1.54) is 6.42 Å². The lowest BCUT2D eigenvalue weighted by atomic mass is 9.94. The van der Waals surface area contributed by atoms with Crippen LogP contribution in [-0.2, 0) is 29.0 Å². The smallest absolute Gasteiger partial charge is 0.243 e. The van der Waals surface area contributed by atoms with Crippen LogP contribution in [0.3, 0.4) is 0 Å². The molecule has 6 heteroatoms. The first-order chi connectivity index (χ1) is 17.5. The Morgan fingerprint density at radius 1 is 0.861 bits per heavy atom. The molecule has 2 amide bonds. The molecule has 0 saturated heterocycles. The largest absolute Gasteiger partial charge is 0.352 e. The Balaban J connectivity index is 1.64. The van der Waals surface area contributed by atoms with Crippen molar-refractivity contribution in [3.05, 3.63) is 105 Å². The van der Waals surface area contributed by atoms with Crippen molar-refractivity contribution in [2.75, 3.05) is 0 Å². The average Bonchev–Trinajstić information content (AvgIpc) is 2.89. The van der Waals surface area contributed by atoms with E-state index in [0.717, 1.165) is 46.8 Å². The Morgan fingerprint density at radius 2 is 1.50 bits per heavy atom. The van der Waals surface area contributed by atoms with Gasteiger partial charge in [-0.25, -0.2) is 0 Å². The van der Waals surface area contributed by atoms with Crippen LogP contribution < -0.4 is 5.32 Å². The van der Waals surface area contributed by atoms with Crippen LogP contribution in [0.5, 0.6) is 0 Å². The summed E-state index contributed by atoms with van der Waals surface area (Å²) in [6.07, 6.45) is 6.14. The van der Waals surface area contributed by atoms with E-state index in [0.29, 0.717) is 18.0 Å². The van der Waals surface area contributed by atoms with Crippen molar-refractivity contribution in [3.63, 3.8) is 0 Å². The topological polar surface area (TPSA) is 49.4 Å². The van der Waals surface area contributed by atoms with Crippen LogP contribution >= 0.6 is 27.5 Å². The predicted molar refractivity (Wildman–Crippen MR) is 149 cm³/mol. The number of nitrogens with zero attached hydrogens (tertiary/aromatic N) is 1. The fourth-order valence-corrected chi connectivity index (χ4v) is 5.15. The molecule has 188 valence electrons. The third-order valence-electron chi connectivity index (χ3n) is 6.76. The summed E-state index contributed by atoms with van der Waals surface area (Å²) < 4.78 is 0.973. The highest BCUT2D eigenvalue weighted by atomic mass is 79.9. The number of hydrogen-bond donors (Lipinski definition) is 1. The Hall–Kier alpha value is -2.63. The average molecular weight is 568 g/mol. The van der Waals surface area contributed by atoms with Crippen LogP contribution in [-0.4, -0.2) is 28.8 Å². The number of amides is 2. The van der Waals surface area contributed by atoms with E-state index in [9.17, 15) is 9.59 Å². The Bertz CT molecular complexity index is 1130. The van der Waals surface area contributed by atoms with Gasteiger partial charge in [-0.2, -0.15) is 0 Å². The molecule has 4 rings (SSSR count). The van der Waals surface area contributed by atoms with Crippen molar-refractivity contribution < 1.29 is 9.59 Å². The van der Waals surface area contributed by atoms with Crippen molar-refractivity contribution in [1.29, 1.82) is 0 Å². The molecular formula is C30H32BrClN2O2. The first kappa shape index (κ1) is 26.4. The van der Waals surface area contributed by atoms with Crippen molar-refractivity contribution >= 4 is 39.3 Å². The van der Waals surface area contributed by atoms with Gasteiger partial charge in [-0.3, -0.25) is 9.59 Å². The van der Waals surface area contributed by atoms with E-state index in [1.807, 2.05) is 66.7 Å². The molecule has 0 unspecified atom stereocenters. The predicted octanol–water partition coefficient (Wildman–Crippen LogP) is 6.73. The summed E-state index contributed by atoms with van der Waals surface area (Å²) in [5.41, 5.74) is 2.88. The van der Waals surface area contributed by atoms with E-state index in [4.69, 9.17) is 11.6 Å². The quantitative estimate of drug-likeness (QED) is 0.312. The zero-order valence-electron chi connectivity index (χ0n) is 20.3. The summed E-state index contributed by atoms with van der Waals surface area (Å²) in [4.78, 5) is 29.3. The molecular weight excluding hydrogens is 536 g/mol. The van der Waals surface area contributed by atoms with Crippen molar-refractivity contribution in [1.82, 2.24) is 10.2 Å². The minimum absolute atomic E-state index is 0.0766. The van der Waals surface area contributed by atoms with Gasteiger partial charge in [0.25, 0.3) is 0 Å². The molecule has 1 aliphatic rings. The minimum Gasteiger partial charge on any atom is -0.352 e. The van der Waals surface area contributed by atoms with E-state index in [2.05, 4.69) is 21.2 Å². The zero-order valence-corrected chi connectivity index (χ0v) is 22.7. The lowest BCUT2D eigenvalue weighted by molar-refractivity contribution is -0.141. The summed E-state index contributed by atoms with van der Waals surface area (Å²) in [7, 11) is 0. The Labute approximate surface area is 227 Å². The van der Waals surface area contributed by atoms with Crippen LogP contribution in [0.25, 0.3) is 0 Å². The van der Waals surface area contributed by atoms with Gasteiger partial charge in [0.1, 0.15) is 6.04 Å². The number of halogens is 2. The molecule has 1 N–H and O–H groups in total. The zero-order chi connectivity index (χ0) is 25.3. The summed E-state index contributed by atoms with van der Waals surface area (Å²) in [5, 5.41) is 3.91. The maximum Gasteiger partial charge on any atom is 0.243 e.